The molecule has 0 amide bonds. The molecule has 0 unspecified atom stereocenters. The van der Waals surface area contributed by atoms with E-state index in [0.717, 1.165) is 11.1 Å². The summed E-state index contributed by atoms with van der Waals surface area (Å²) < 4.78 is 0. The standard InChI is InChI=1S/C16H22N4S2/c1-3-8-17-15(21)19-11-13-6-5-7-14(10-13)12-20-16(22)18-9-4-2/h3-7,10H,1-2,8-9,11-12H2,(H2,17,19,21)(H2,18,20,22). The highest BCUT2D eigenvalue weighted by Gasteiger charge is 1.99. The molecule has 0 atom stereocenters. The summed E-state index contributed by atoms with van der Waals surface area (Å²) in [5.41, 5.74) is 2.32. The summed E-state index contributed by atoms with van der Waals surface area (Å²) in [7, 11) is 0. The van der Waals surface area contributed by atoms with Gasteiger partial charge >= 0.3 is 0 Å². The summed E-state index contributed by atoms with van der Waals surface area (Å²) in [5, 5.41) is 13.6. The van der Waals surface area contributed by atoms with Gasteiger partial charge in [-0.05, 0) is 35.6 Å². The monoisotopic (exact) mass is 334 g/mol. The Hall–Kier alpha value is -1.92. The summed E-state index contributed by atoms with van der Waals surface area (Å²) in [4.78, 5) is 0. The van der Waals surface area contributed by atoms with Crippen molar-refractivity contribution in [3.8, 4) is 0 Å². The second-order valence-electron chi connectivity index (χ2n) is 4.52. The second kappa shape index (κ2) is 10.8. The third kappa shape index (κ3) is 7.75. The SMILES string of the molecule is C=CCNC(=S)NCc1cccc(CNC(=S)NCC=C)c1. The van der Waals surface area contributed by atoms with Gasteiger partial charge in [-0.25, -0.2) is 0 Å². The van der Waals surface area contributed by atoms with Crippen LogP contribution >= 0.6 is 24.4 Å². The van der Waals surface area contributed by atoms with E-state index in [1.807, 2.05) is 6.07 Å². The van der Waals surface area contributed by atoms with Crippen molar-refractivity contribution in [2.24, 2.45) is 0 Å². The molecule has 22 heavy (non-hydrogen) atoms. The Labute approximate surface area is 143 Å². The van der Waals surface area contributed by atoms with Crippen LogP contribution in [0.4, 0.5) is 0 Å². The van der Waals surface area contributed by atoms with Crippen LogP contribution in [0.1, 0.15) is 11.1 Å². The van der Waals surface area contributed by atoms with Gasteiger partial charge in [-0.3, -0.25) is 0 Å². The summed E-state index contributed by atoms with van der Waals surface area (Å²) >= 11 is 10.3. The lowest BCUT2D eigenvalue weighted by atomic mass is 10.1. The number of rotatable bonds is 8. The van der Waals surface area contributed by atoms with Crippen LogP contribution in [0.2, 0.25) is 0 Å². The highest BCUT2D eigenvalue weighted by atomic mass is 32.1. The number of nitrogens with one attached hydrogen (secondary N) is 4. The van der Waals surface area contributed by atoms with Crippen LogP contribution in [0.25, 0.3) is 0 Å². The lowest BCUT2D eigenvalue weighted by molar-refractivity contribution is 0.852. The molecule has 4 nitrogen and oxygen atoms in total. The zero-order valence-corrected chi connectivity index (χ0v) is 14.2. The zero-order valence-electron chi connectivity index (χ0n) is 12.5. The first kappa shape index (κ1) is 18.1. The van der Waals surface area contributed by atoms with Crippen LogP contribution in [0.3, 0.4) is 0 Å². The summed E-state index contributed by atoms with van der Waals surface area (Å²) in [6, 6.07) is 8.25. The average molecular weight is 335 g/mol. The molecular formula is C16H22N4S2. The van der Waals surface area contributed by atoms with Crippen LogP contribution < -0.4 is 21.3 Å². The Morgan fingerprint density at radius 1 is 0.864 bits per heavy atom. The Morgan fingerprint density at radius 2 is 1.32 bits per heavy atom. The van der Waals surface area contributed by atoms with Crippen LogP contribution in [-0.4, -0.2) is 23.3 Å². The predicted molar refractivity (Wildman–Crippen MR) is 102 cm³/mol. The molecule has 1 rings (SSSR count). The fourth-order valence-electron chi connectivity index (χ4n) is 1.67. The van der Waals surface area contributed by atoms with Gasteiger partial charge in [-0.2, -0.15) is 0 Å². The van der Waals surface area contributed by atoms with Gasteiger partial charge in [-0.1, -0.05) is 36.4 Å². The van der Waals surface area contributed by atoms with Crippen molar-refractivity contribution in [3.05, 3.63) is 60.7 Å². The molecule has 1 aromatic carbocycles. The highest BCUT2D eigenvalue weighted by molar-refractivity contribution is 7.80. The highest BCUT2D eigenvalue weighted by Crippen LogP contribution is 2.05. The van der Waals surface area contributed by atoms with E-state index in [2.05, 4.69) is 52.6 Å². The van der Waals surface area contributed by atoms with Gasteiger partial charge in [0, 0.05) is 26.2 Å². The summed E-state index contributed by atoms with van der Waals surface area (Å²) in [6.45, 7) is 9.94. The summed E-state index contributed by atoms with van der Waals surface area (Å²) in [5.74, 6) is 0. The minimum absolute atomic E-state index is 0.623. The topological polar surface area (TPSA) is 48.1 Å². The molecule has 0 saturated carbocycles. The van der Waals surface area contributed by atoms with Crippen molar-refractivity contribution < 1.29 is 0 Å². The van der Waals surface area contributed by atoms with Crippen molar-refractivity contribution in [1.29, 1.82) is 0 Å². The van der Waals surface area contributed by atoms with E-state index in [4.69, 9.17) is 24.4 Å². The molecule has 0 heterocycles. The van der Waals surface area contributed by atoms with Crippen LogP contribution in [0.15, 0.2) is 49.6 Å². The van der Waals surface area contributed by atoms with Crippen molar-refractivity contribution in [2.45, 2.75) is 13.1 Å². The zero-order chi connectivity index (χ0) is 16.2. The molecular weight excluding hydrogens is 312 g/mol. The normalized spacial score (nSPS) is 9.45. The van der Waals surface area contributed by atoms with E-state index in [1.54, 1.807) is 12.2 Å². The van der Waals surface area contributed by atoms with E-state index in [1.165, 1.54) is 0 Å². The first-order valence-electron chi connectivity index (χ1n) is 6.98. The van der Waals surface area contributed by atoms with Crippen molar-refractivity contribution in [2.75, 3.05) is 13.1 Å². The van der Waals surface area contributed by atoms with Gasteiger partial charge in [-0.15, -0.1) is 13.2 Å². The van der Waals surface area contributed by atoms with E-state index in [-0.39, 0.29) is 0 Å². The molecule has 4 N–H and O–H groups in total. The first-order valence-corrected chi connectivity index (χ1v) is 7.80. The molecule has 0 aliphatic heterocycles. The maximum Gasteiger partial charge on any atom is 0.166 e. The first-order chi connectivity index (χ1) is 10.7. The van der Waals surface area contributed by atoms with Crippen molar-refractivity contribution >= 4 is 34.7 Å². The minimum Gasteiger partial charge on any atom is -0.359 e. The fraction of sp³-hybridized carbons (Fsp3) is 0.250. The lowest BCUT2D eigenvalue weighted by Gasteiger charge is -2.11. The number of thiocarbonyl (C=S) groups is 2. The van der Waals surface area contributed by atoms with E-state index >= 15 is 0 Å². The molecule has 0 aromatic heterocycles. The molecule has 6 heteroatoms. The molecule has 0 spiro atoms. The van der Waals surface area contributed by atoms with Gasteiger partial charge in [0.2, 0.25) is 0 Å². The Kier molecular flexibility index (Phi) is 8.86. The molecule has 0 fully saturated rings. The Bertz CT molecular complexity index is 485. The molecule has 0 radical (unpaired) electrons. The summed E-state index contributed by atoms with van der Waals surface area (Å²) in [6.07, 6.45) is 3.53. The maximum atomic E-state index is 5.16. The number of benzene rings is 1. The Balaban J connectivity index is 2.41. The van der Waals surface area contributed by atoms with Gasteiger partial charge in [0.25, 0.3) is 0 Å². The molecule has 0 saturated heterocycles. The van der Waals surface area contributed by atoms with Crippen molar-refractivity contribution in [3.63, 3.8) is 0 Å². The molecule has 0 bridgehead atoms. The lowest BCUT2D eigenvalue weighted by Crippen LogP contribution is -2.35. The van der Waals surface area contributed by atoms with E-state index in [9.17, 15) is 0 Å². The molecule has 0 aliphatic rings. The van der Waals surface area contributed by atoms with Gasteiger partial charge < -0.3 is 21.3 Å². The second-order valence-corrected chi connectivity index (χ2v) is 5.34. The smallest absolute Gasteiger partial charge is 0.166 e. The molecule has 1 aromatic rings. The van der Waals surface area contributed by atoms with Gasteiger partial charge in [0.15, 0.2) is 10.2 Å². The average Bonchev–Trinajstić information content (AvgIpc) is 2.54. The third-order valence-corrected chi connectivity index (χ3v) is 3.29. The minimum atomic E-state index is 0.623. The van der Waals surface area contributed by atoms with Gasteiger partial charge in [0.1, 0.15) is 0 Å². The molecule has 0 aliphatic carbocycles. The predicted octanol–water partition coefficient (Wildman–Crippen LogP) is 1.99. The number of hydrogen-bond donors (Lipinski definition) is 4. The fourth-order valence-corrected chi connectivity index (χ4v) is 1.98. The Morgan fingerprint density at radius 3 is 1.73 bits per heavy atom. The molecule has 118 valence electrons. The van der Waals surface area contributed by atoms with Crippen LogP contribution in [-0.2, 0) is 13.1 Å². The largest absolute Gasteiger partial charge is 0.359 e. The van der Waals surface area contributed by atoms with E-state index in [0.29, 0.717) is 36.4 Å². The third-order valence-electron chi connectivity index (χ3n) is 2.71. The van der Waals surface area contributed by atoms with E-state index < -0.39 is 0 Å². The van der Waals surface area contributed by atoms with Crippen LogP contribution in [0, 0.1) is 0 Å². The quantitative estimate of drug-likeness (QED) is 0.431. The van der Waals surface area contributed by atoms with Crippen molar-refractivity contribution in [1.82, 2.24) is 21.3 Å². The van der Waals surface area contributed by atoms with Gasteiger partial charge in [0.05, 0.1) is 0 Å². The maximum absolute atomic E-state index is 5.16. The van der Waals surface area contributed by atoms with Crippen LogP contribution in [0.5, 0.6) is 0 Å². The number of hydrogen-bond acceptors (Lipinski definition) is 2.